The van der Waals surface area contributed by atoms with Crippen LogP contribution in [-0.4, -0.2) is 12.2 Å². The first kappa shape index (κ1) is 18.9. The number of aromatic hydroxyl groups is 1. The van der Waals surface area contributed by atoms with Crippen LogP contribution < -0.4 is 4.74 Å². The van der Waals surface area contributed by atoms with Gasteiger partial charge < -0.3 is 9.84 Å². The number of phenols is 1. The second kappa shape index (κ2) is 9.12. The molecule has 130 valence electrons. The Morgan fingerprint density at radius 3 is 2.42 bits per heavy atom. The van der Waals surface area contributed by atoms with Gasteiger partial charge in [0, 0.05) is 4.47 Å². The highest BCUT2D eigenvalue weighted by Crippen LogP contribution is 2.28. The molecule has 1 unspecified atom stereocenters. The maximum atomic E-state index is 9.93. The lowest BCUT2D eigenvalue weighted by Gasteiger charge is -2.16. The van der Waals surface area contributed by atoms with E-state index in [0.717, 1.165) is 47.9 Å². The Morgan fingerprint density at radius 1 is 1.04 bits per heavy atom. The normalized spacial score (nSPS) is 12.2. The van der Waals surface area contributed by atoms with Crippen LogP contribution in [-0.2, 0) is 12.8 Å². The third-order valence-corrected chi connectivity index (χ3v) is 5.17. The molecule has 3 heteroatoms. The molecule has 2 aromatic rings. The van der Waals surface area contributed by atoms with Gasteiger partial charge in [0.15, 0.2) is 0 Å². The van der Waals surface area contributed by atoms with Gasteiger partial charge in [-0.15, -0.1) is 0 Å². The second-order valence-corrected chi connectivity index (χ2v) is 7.27. The van der Waals surface area contributed by atoms with E-state index in [1.807, 2.05) is 12.1 Å². The number of phenolic OH excluding ortho intramolecular Hbond substituents is 1. The summed E-state index contributed by atoms with van der Waals surface area (Å²) in [4.78, 5) is 0. The number of benzene rings is 2. The van der Waals surface area contributed by atoms with Crippen molar-refractivity contribution in [2.75, 3.05) is 7.11 Å². The highest BCUT2D eigenvalue weighted by molar-refractivity contribution is 9.10. The summed E-state index contributed by atoms with van der Waals surface area (Å²) in [5, 5.41) is 9.93. The molecule has 0 fully saturated rings. The first-order chi connectivity index (χ1) is 11.5. The lowest BCUT2D eigenvalue weighted by Crippen LogP contribution is -2.00. The predicted octanol–water partition coefficient (Wildman–Crippen LogP) is 6.24. The van der Waals surface area contributed by atoms with E-state index >= 15 is 0 Å². The Bertz CT molecular complexity index is 667. The minimum Gasteiger partial charge on any atom is -0.508 e. The molecule has 1 N–H and O–H groups in total. The van der Waals surface area contributed by atoms with Gasteiger partial charge in [-0.3, -0.25) is 0 Å². The van der Waals surface area contributed by atoms with Crippen molar-refractivity contribution < 1.29 is 9.84 Å². The quantitative estimate of drug-likeness (QED) is 0.540. The molecule has 0 aliphatic rings. The first-order valence-corrected chi connectivity index (χ1v) is 9.48. The fourth-order valence-electron chi connectivity index (χ4n) is 3.01. The van der Waals surface area contributed by atoms with Gasteiger partial charge in [-0.1, -0.05) is 35.8 Å². The zero-order chi connectivity index (χ0) is 17.5. The molecule has 0 aliphatic heterocycles. The van der Waals surface area contributed by atoms with E-state index < -0.39 is 0 Å². The van der Waals surface area contributed by atoms with Crippen LogP contribution in [0.25, 0.3) is 0 Å². The monoisotopic (exact) mass is 390 g/mol. The lowest BCUT2D eigenvalue weighted by atomic mass is 9.90. The Labute approximate surface area is 154 Å². The van der Waals surface area contributed by atoms with Gasteiger partial charge in [-0.2, -0.15) is 0 Å². The second-order valence-electron chi connectivity index (χ2n) is 6.35. The van der Waals surface area contributed by atoms with E-state index in [2.05, 4.69) is 48.0 Å². The van der Waals surface area contributed by atoms with Crippen molar-refractivity contribution in [2.45, 2.75) is 51.9 Å². The minimum absolute atomic E-state index is 0.389. The highest BCUT2D eigenvalue weighted by Gasteiger charge is 2.10. The summed E-state index contributed by atoms with van der Waals surface area (Å²) in [6, 6.07) is 12.1. The highest BCUT2D eigenvalue weighted by atomic mass is 79.9. The standard InChI is InChI=1S/C21H27BrO2/c1-4-15(2)20-11-10-19(24-3)14-16(20)7-5-6-8-17-13-18(22)9-12-21(17)23/h9-15,23H,4-8H2,1-3H3. The molecule has 2 nitrogen and oxygen atoms in total. The van der Waals surface area contributed by atoms with Crippen LogP contribution in [0.15, 0.2) is 40.9 Å². The van der Waals surface area contributed by atoms with E-state index in [-0.39, 0.29) is 0 Å². The number of hydrogen-bond acceptors (Lipinski definition) is 2. The number of rotatable bonds is 8. The Balaban J connectivity index is 1.99. The zero-order valence-electron chi connectivity index (χ0n) is 14.8. The van der Waals surface area contributed by atoms with Crippen molar-refractivity contribution in [1.82, 2.24) is 0 Å². The number of hydrogen-bond donors (Lipinski definition) is 1. The summed E-state index contributed by atoms with van der Waals surface area (Å²) in [5.74, 6) is 1.89. The molecular weight excluding hydrogens is 364 g/mol. The summed E-state index contributed by atoms with van der Waals surface area (Å²) in [6.45, 7) is 4.51. The summed E-state index contributed by atoms with van der Waals surface area (Å²) < 4.78 is 6.41. The third kappa shape index (κ3) is 5.01. The van der Waals surface area contributed by atoms with Crippen LogP contribution in [0.5, 0.6) is 11.5 Å². The van der Waals surface area contributed by atoms with E-state index in [1.54, 1.807) is 13.2 Å². The fraction of sp³-hybridized carbons (Fsp3) is 0.429. The molecule has 1 atom stereocenters. The maximum absolute atomic E-state index is 9.93. The van der Waals surface area contributed by atoms with Gasteiger partial charge >= 0.3 is 0 Å². The van der Waals surface area contributed by atoms with Crippen molar-refractivity contribution >= 4 is 15.9 Å². The van der Waals surface area contributed by atoms with Crippen LogP contribution in [0, 0.1) is 0 Å². The summed E-state index contributed by atoms with van der Waals surface area (Å²) >= 11 is 3.47. The molecule has 0 aromatic heterocycles. The van der Waals surface area contributed by atoms with Crippen molar-refractivity contribution in [2.24, 2.45) is 0 Å². The van der Waals surface area contributed by atoms with Crippen LogP contribution in [0.2, 0.25) is 0 Å². The molecule has 0 radical (unpaired) electrons. The molecule has 0 saturated carbocycles. The Kier molecular flexibility index (Phi) is 7.16. The molecule has 0 bridgehead atoms. The molecule has 0 amide bonds. The number of unbranched alkanes of at least 4 members (excludes halogenated alkanes) is 1. The molecule has 0 saturated heterocycles. The number of ether oxygens (including phenoxy) is 1. The Hall–Kier alpha value is -1.48. The largest absolute Gasteiger partial charge is 0.508 e. The molecule has 2 rings (SSSR count). The van der Waals surface area contributed by atoms with Gasteiger partial charge in [-0.25, -0.2) is 0 Å². The van der Waals surface area contributed by atoms with Gasteiger partial charge in [0.2, 0.25) is 0 Å². The van der Waals surface area contributed by atoms with Gasteiger partial charge in [0.05, 0.1) is 7.11 Å². The van der Waals surface area contributed by atoms with Crippen molar-refractivity contribution in [1.29, 1.82) is 0 Å². The van der Waals surface area contributed by atoms with Gasteiger partial charge in [0.25, 0.3) is 0 Å². The summed E-state index contributed by atoms with van der Waals surface area (Å²) in [5.41, 5.74) is 3.84. The number of aryl methyl sites for hydroxylation is 2. The molecular formula is C21H27BrO2. The molecule has 24 heavy (non-hydrogen) atoms. The molecule has 2 aromatic carbocycles. The van der Waals surface area contributed by atoms with E-state index in [9.17, 15) is 5.11 Å². The van der Waals surface area contributed by atoms with Crippen LogP contribution in [0.3, 0.4) is 0 Å². The number of halogens is 1. The molecule has 0 heterocycles. The fourth-order valence-corrected chi connectivity index (χ4v) is 3.42. The van der Waals surface area contributed by atoms with Crippen LogP contribution in [0.1, 0.15) is 55.7 Å². The minimum atomic E-state index is 0.389. The summed E-state index contributed by atoms with van der Waals surface area (Å²) in [6.07, 6.45) is 5.24. The van der Waals surface area contributed by atoms with Crippen molar-refractivity contribution in [3.63, 3.8) is 0 Å². The average molecular weight is 391 g/mol. The average Bonchev–Trinajstić information content (AvgIpc) is 2.60. The van der Waals surface area contributed by atoms with Gasteiger partial charge in [-0.05, 0) is 85.0 Å². The smallest absolute Gasteiger partial charge is 0.119 e. The van der Waals surface area contributed by atoms with Crippen LogP contribution in [0.4, 0.5) is 0 Å². The molecule has 0 aliphatic carbocycles. The molecule has 0 spiro atoms. The first-order valence-electron chi connectivity index (χ1n) is 8.69. The van der Waals surface area contributed by atoms with Gasteiger partial charge in [0.1, 0.15) is 11.5 Å². The summed E-state index contributed by atoms with van der Waals surface area (Å²) in [7, 11) is 1.72. The lowest BCUT2D eigenvalue weighted by molar-refractivity contribution is 0.413. The topological polar surface area (TPSA) is 29.5 Å². The number of methoxy groups -OCH3 is 1. The predicted molar refractivity (Wildman–Crippen MR) is 104 cm³/mol. The van der Waals surface area contributed by atoms with Crippen molar-refractivity contribution in [3.8, 4) is 11.5 Å². The SMILES string of the molecule is CCC(C)c1ccc(OC)cc1CCCCc1cc(Br)ccc1O. The maximum Gasteiger partial charge on any atom is 0.119 e. The van der Waals surface area contributed by atoms with E-state index in [0.29, 0.717) is 11.7 Å². The van der Waals surface area contributed by atoms with Crippen molar-refractivity contribution in [3.05, 3.63) is 57.6 Å². The third-order valence-electron chi connectivity index (χ3n) is 4.68. The van der Waals surface area contributed by atoms with E-state index in [1.165, 1.54) is 11.1 Å². The Morgan fingerprint density at radius 2 is 1.75 bits per heavy atom. The zero-order valence-corrected chi connectivity index (χ0v) is 16.4. The van der Waals surface area contributed by atoms with Crippen LogP contribution >= 0.6 is 15.9 Å². The van der Waals surface area contributed by atoms with E-state index in [4.69, 9.17) is 4.74 Å².